The highest BCUT2D eigenvalue weighted by Gasteiger charge is 2.07. The second kappa shape index (κ2) is 5.51. The molecule has 3 rings (SSSR count). The maximum absolute atomic E-state index is 6.26. The number of para-hydroxylation sites is 1. The van der Waals surface area contributed by atoms with Crippen LogP contribution in [0.3, 0.4) is 0 Å². The van der Waals surface area contributed by atoms with E-state index in [1.165, 1.54) is 0 Å². The normalized spacial score (nSPS) is 10.7. The van der Waals surface area contributed by atoms with E-state index in [0.29, 0.717) is 11.6 Å². The largest absolute Gasteiger partial charge is 0.487 e. The molecule has 0 fully saturated rings. The number of ether oxygens (including phenoxy) is 1. The summed E-state index contributed by atoms with van der Waals surface area (Å²) in [4.78, 5) is 4.54. The Balaban J connectivity index is 1.95. The topological polar surface area (TPSA) is 22.1 Å². The Labute approximate surface area is 123 Å². The number of pyridine rings is 1. The molecule has 0 radical (unpaired) electrons. The van der Waals surface area contributed by atoms with Crippen molar-refractivity contribution in [3.63, 3.8) is 0 Å². The van der Waals surface area contributed by atoms with Crippen molar-refractivity contribution in [3.05, 3.63) is 70.9 Å². The molecule has 3 aromatic rings. The summed E-state index contributed by atoms with van der Waals surface area (Å²) in [6, 6.07) is 17.8. The monoisotopic (exact) mass is 283 g/mol. The standard InChI is InChI=1S/C17H14ClNO/c1-12-10-15(18)14-8-5-9-16(17(14)19-12)20-11-13-6-3-2-4-7-13/h2-10H,11H2,1H3. The van der Waals surface area contributed by atoms with E-state index in [4.69, 9.17) is 16.3 Å². The molecule has 1 heterocycles. The van der Waals surface area contributed by atoms with Gasteiger partial charge in [0.05, 0.1) is 5.02 Å². The second-order valence-corrected chi connectivity index (χ2v) is 5.08. The average Bonchev–Trinajstić information content (AvgIpc) is 2.46. The quantitative estimate of drug-likeness (QED) is 0.690. The number of halogens is 1. The highest BCUT2D eigenvalue weighted by atomic mass is 35.5. The number of nitrogens with zero attached hydrogens (tertiary/aromatic N) is 1. The molecule has 0 N–H and O–H groups in total. The molecule has 20 heavy (non-hydrogen) atoms. The lowest BCUT2D eigenvalue weighted by Gasteiger charge is -2.10. The van der Waals surface area contributed by atoms with Crippen LogP contribution in [0.2, 0.25) is 5.02 Å². The highest BCUT2D eigenvalue weighted by molar-refractivity contribution is 6.35. The predicted octanol–water partition coefficient (Wildman–Crippen LogP) is 4.78. The van der Waals surface area contributed by atoms with Crippen LogP contribution < -0.4 is 4.74 Å². The molecule has 3 heteroatoms. The highest BCUT2D eigenvalue weighted by Crippen LogP contribution is 2.30. The lowest BCUT2D eigenvalue weighted by atomic mass is 10.2. The van der Waals surface area contributed by atoms with Gasteiger partial charge in [0.15, 0.2) is 0 Å². The molecule has 2 aromatic carbocycles. The molecule has 100 valence electrons. The Bertz CT molecular complexity index is 741. The van der Waals surface area contributed by atoms with Gasteiger partial charge in [0.2, 0.25) is 0 Å². The van der Waals surface area contributed by atoms with Gasteiger partial charge in [-0.3, -0.25) is 0 Å². The first kappa shape index (κ1) is 12.9. The molecule has 0 aliphatic carbocycles. The van der Waals surface area contributed by atoms with Gasteiger partial charge in [0.1, 0.15) is 17.9 Å². The predicted molar refractivity (Wildman–Crippen MR) is 82.3 cm³/mol. The van der Waals surface area contributed by atoms with Crippen LogP contribution in [0.5, 0.6) is 5.75 Å². The summed E-state index contributed by atoms with van der Waals surface area (Å²) in [6.07, 6.45) is 0. The van der Waals surface area contributed by atoms with Crippen molar-refractivity contribution >= 4 is 22.5 Å². The lowest BCUT2D eigenvalue weighted by Crippen LogP contribution is -1.97. The minimum Gasteiger partial charge on any atom is -0.487 e. The van der Waals surface area contributed by atoms with Crippen molar-refractivity contribution in [2.45, 2.75) is 13.5 Å². The number of aromatic nitrogens is 1. The third-order valence-corrected chi connectivity index (χ3v) is 3.43. The molecule has 0 aliphatic heterocycles. The zero-order valence-corrected chi connectivity index (χ0v) is 11.9. The van der Waals surface area contributed by atoms with E-state index < -0.39 is 0 Å². The Morgan fingerprint density at radius 2 is 1.85 bits per heavy atom. The van der Waals surface area contributed by atoms with E-state index in [1.807, 2.05) is 61.5 Å². The summed E-state index contributed by atoms with van der Waals surface area (Å²) < 4.78 is 5.89. The third-order valence-electron chi connectivity index (χ3n) is 3.12. The number of hydrogen-bond donors (Lipinski definition) is 0. The Kier molecular flexibility index (Phi) is 3.57. The van der Waals surface area contributed by atoms with Crippen LogP contribution in [0.4, 0.5) is 0 Å². The average molecular weight is 284 g/mol. The number of rotatable bonds is 3. The van der Waals surface area contributed by atoms with Crippen molar-refractivity contribution in [1.29, 1.82) is 0 Å². The molecule has 2 nitrogen and oxygen atoms in total. The molecular formula is C17H14ClNO. The Morgan fingerprint density at radius 1 is 1.05 bits per heavy atom. The van der Waals surface area contributed by atoms with Crippen molar-refractivity contribution in [2.75, 3.05) is 0 Å². The van der Waals surface area contributed by atoms with Crippen LogP contribution in [-0.4, -0.2) is 4.98 Å². The number of aryl methyl sites for hydroxylation is 1. The van der Waals surface area contributed by atoms with Crippen molar-refractivity contribution in [3.8, 4) is 5.75 Å². The number of fused-ring (bicyclic) bond motifs is 1. The van der Waals surface area contributed by atoms with Crippen LogP contribution in [-0.2, 0) is 6.61 Å². The first-order valence-corrected chi connectivity index (χ1v) is 6.84. The van der Waals surface area contributed by atoms with Crippen molar-refractivity contribution in [1.82, 2.24) is 4.98 Å². The van der Waals surface area contributed by atoms with Gasteiger partial charge in [0, 0.05) is 11.1 Å². The summed E-state index contributed by atoms with van der Waals surface area (Å²) in [5.74, 6) is 0.761. The molecule has 1 aromatic heterocycles. The smallest absolute Gasteiger partial charge is 0.146 e. The number of hydrogen-bond acceptors (Lipinski definition) is 2. The zero-order chi connectivity index (χ0) is 13.9. The third kappa shape index (κ3) is 2.61. The van der Waals surface area contributed by atoms with E-state index in [-0.39, 0.29) is 0 Å². The summed E-state index contributed by atoms with van der Waals surface area (Å²) in [7, 11) is 0. The SMILES string of the molecule is Cc1cc(Cl)c2cccc(OCc3ccccc3)c2n1. The van der Waals surface area contributed by atoms with E-state index in [2.05, 4.69) is 4.98 Å². The fourth-order valence-electron chi connectivity index (χ4n) is 2.15. The van der Waals surface area contributed by atoms with Crippen molar-refractivity contribution < 1.29 is 4.74 Å². The fraction of sp³-hybridized carbons (Fsp3) is 0.118. The lowest BCUT2D eigenvalue weighted by molar-refractivity contribution is 0.309. The van der Waals surface area contributed by atoms with E-state index in [9.17, 15) is 0 Å². The second-order valence-electron chi connectivity index (χ2n) is 4.67. The summed E-state index contributed by atoms with van der Waals surface area (Å²) in [6.45, 7) is 2.45. The van der Waals surface area contributed by atoms with Gasteiger partial charge in [-0.05, 0) is 24.6 Å². The zero-order valence-electron chi connectivity index (χ0n) is 11.1. The fourth-order valence-corrected chi connectivity index (χ4v) is 2.46. The Hall–Kier alpha value is -2.06. The first-order chi connectivity index (χ1) is 9.74. The molecule has 0 saturated carbocycles. The maximum Gasteiger partial charge on any atom is 0.146 e. The van der Waals surface area contributed by atoms with E-state index >= 15 is 0 Å². The molecule has 0 saturated heterocycles. The molecule has 0 aliphatic rings. The molecule has 0 unspecified atom stereocenters. The van der Waals surface area contributed by atoms with Crippen LogP contribution >= 0.6 is 11.6 Å². The minimum atomic E-state index is 0.521. The van der Waals surface area contributed by atoms with Gasteiger partial charge < -0.3 is 4.74 Å². The van der Waals surface area contributed by atoms with Crippen LogP contribution in [0, 0.1) is 6.92 Å². The molecule has 0 amide bonds. The van der Waals surface area contributed by atoms with Crippen LogP contribution in [0.25, 0.3) is 10.9 Å². The molecule has 0 atom stereocenters. The summed E-state index contributed by atoms with van der Waals surface area (Å²) in [5, 5.41) is 1.63. The molecular weight excluding hydrogens is 270 g/mol. The maximum atomic E-state index is 6.26. The number of benzene rings is 2. The molecule has 0 spiro atoms. The van der Waals surface area contributed by atoms with Gasteiger partial charge in [-0.1, -0.05) is 54.1 Å². The van der Waals surface area contributed by atoms with Gasteiger partial charge >= 0.3 is 0 Å². The van der Waals surface area contributed by atoms with Gasteiger partial charge in [-0.15, -0.1) is 0 Å². The van der Waals surface area contributed by atoms with Gasteiger partial charge in [-0.25, -0.2) is 4.98 Å². The van der Waals surface area contributed by atoms with Gasteiger partial charge in [0.25, 0.3) is 0 Å². The Morgan fingerprint density at radius 3 is 2.65 bits per heavy atom. The van der Waals surface area contributed by atoms with Crippen LogP contribution in [0.1, 0.15) is 11.3 Å². The minimum absolute atomic E-state index is 0.521. The van der Waals surface area contributed by atoms with Crippen molar-refractivity contribution in [2.24, 2.45) is 0 Å². The van der Waals surface area contributed by atoms with Gasteiger partial charge in [-0.2, -0.15) is 0 Å². The summed E-state index contributed by atoms with van der Waals surface area (Å²) >= 11 is 6.26. The van der Waals surface area contributed by atoms with Crippen LogP contribution in [0.15, 0.2) is 54.6 Å². The van der Waals surface area contributed by atoms with E-state index in [1.54, 1.807) is 0 Å². The van der Waals surface area contributed by atoms with E-state index in [0.717, 1.165) is 27.9 Å². The summed E-state index contributed by atoms with van der Waals surface area (Å²) in [5.41, 5.74) is 2.83. The first-order valence-electron chi connectivity index (χ1n) is 6.46. The molecule has 0 bridgehead atoms.